The van der Waals surface area contributed by atoms with E-state index in [1.54, 1.807) is 0 Å². The van der Waals surface area contributed by atoms with Crippen LogP contribution in [0.25, 0.3) is 10.9 Å². The molecule has 1 aliphatic heterocycles. The standard InChI is InChI=1S/C15H19N3O/c1-10-4-2-5-11-8-13(18-14(10)11)15(19)17-12-6-3-7-16-9-12/h2,4-5,8,12,16,18H,3,6-7,9H2,1H3,(H,17,19)/t12-/m0/s1. The first-order valence-corrected chi connectivity index (χ1v) is 6.84. The summed E-state index contributed by atoms with van der Waals surface area (Å²) in [4.78, 5) is 15.4. The first-order valence-electron chi connectivity index (χ1n) is 6.84. The number of piperidine rings is 1. The van der Waals surface area contributed by atoms with E-state index in [0.717, 1.165) is 42.4 Å². The fraction of sp³-hybridized carbons (Fsp3) is 0.400. The smallest absolute Gasteiger partial charge is 0.267 e. The summed E-state index contributed by atoms with van der Waals surface area (Å²) in [5.74, 6) is -0.00991. The highest BCUT2D eigenvalue weighted by Crippen LogP contribution is 2.19. The number of fused-ring (bicyclic) bond motifs is 1. The average Bonchev–Trinajstić information content (AvgIpc) is 2.85. The lowest BCUT2D eigenvalue weighted by molar-refractivity contribution is 0.0926. The largest absolute Gasteiger partial charge is 0.350 e. The molecule has 0 radical (unpaired) electrons. The number of hydrogen-bond donors (Lipinski definition) is 3. The molecule has 4 heteroatoms. The normalized spacial score (nSPS) is 19.5. The molecule has 2 heterocycles. The number of aromatic amines is 1. The summed E-state index contributed by atoms with van der Waals surface area (Å²) in [6.45, 7) is 3.97. The number of carbonyl (C=O) groups is 1. The van der Waals surface area contributed by atoms with Gasteiger partial charge in [0.2, 0.25) is 0 Å². The maximum absolute atomic E-state index is 12.2. The van der Waals surface area contributed by atoms with Crippen molar-refractivity contribution in [1.82, 2.24) is 15.6 Å². The van der Waals surface area contributed by atoms with Gasteiger partial charge in [0.15, 0.2) is 0 Å². The summed E-state index contributed by atoms with van der Waals surface area (Å²) < 4.78 is 0. The highest BCUT2D eigenvalue weighted by Gasteiger charge is 2.17. The van der Waals surface area contributed by atoms with Gasteiger partial charge in [-0.2, -0.15) is 0 Å². The Hall–Kier alpha value is -1.81. The molecule has 1 saturated heterocycles. The van der Waals surface area contributed by atoms with Crippen molar-refractivity contribution in [2.24, 2.45) is 0 Å². The van der Waals surface area contributed by atoms with E-state index in [1.807, 2.05) is 31.2 Å². The van der Waals surface area contributed by atoms with Crippen LogP contribution in [0.3, 0.4) is 0 Å². The minimum absolute atomic E-state index is 0.00991. The molecule has 1 fully saturated rings. The number of nitrogens with one attached hydrogen (secondary N) is 3. The van der Waals surface area contributed by atoms with Gasteiger partial charge in [0, 0.05) is 23.5 Å². The Bertz CT molecular complexity index is 596. The third kappa shape index (κ3) is 2.49. The van der Waals surface area contributed by atoms with Gasteiger partial charge in [-0.1, -0.05) is 18.2 Å². The molecule has 4 nitrogen and oxygen atoms in total. The van der Waals surface area contributed by atoms with E-state index in [2.05, 4.69) is 15.6 Å². The number of carbonyl (C=O) groups excluding carboxylic acids is 1. The monoisotopic (exact) mass is 257 g/mol. The fourth-order valence-corrected chi connectivity index (χ4v) is 2.67. The number of benzene rings is 1. The van der Waals surface area contributed by atoms with Gasteiger partial charge in [-0.05, 0) is 37.9 Å². The van der Waals surface area contributed by atoms with Gasteiger partial charge in [-0.25, -0.2) is 0 Å². The first-order chi connectivity index (χ1) is 9.24. The van der Waals surface area contributed by atoms with Crippen molar-refractivity contribution in [1.29, 1.82) is 0 Å². The quantitative estimate of drug-likeness (QED) is 0.770. The van der Waals surface area contributed by atoms with Crippen LogP contribution in [0.1, 0.15) is 28.9 Å². The van der Waals surface area contributed by atoms with Crippen molar-refractivity contribution in [3.05, 3.63) is 35.5 Å². The number of rotatable bonds is 2. The Labute approximate surface area is 112 Å². The SMILES string of the molecule is Cc1cccc2cc(C(=O)N[C@H]3CCCNC3)[nH]c12. The van der Waals surface area contributed by atoms with Gasteiger partial charge < -0.3 is 15.6 Å². The molecule has 0 spiro atoms. The Kier molecular flexibility index (Phi) is 3.25. The maximum atomic E-state index is 12.2. The van der Waals surface area contributed by atoms with Crippen LogP contribution >= 0.6 is 0 Å². The van der Waals surface area contributed by atoms with Gasteiger partial charge in [0.1, 0.15) is 5.69 Å². The molecule has 0 bridgehead atoms. The van der Waals surface area contributed by atoms with E-state index in [4.69, 9.17) is 0 Å². The lowest BCUT2D eigenvalue weighted by atomic mass is 10.1. The number of para-hydroxylation sites is 1. The second-order valence-corrected chi connectivity index (χ2v) is 5.24. The summed E-state index contributed by atoms with van der Waals surface area (Å²) in [5.41, 5.74) is 2.86. The lowest BCUT2D eigenvalue weighted by Gasteiger charge is -2.23. The second kappa shape index (κ2) is 5.05. The molecule has 100 valence electrons. The average molecular weight is 257 g/mol. The molecule has 0 aliphatic carbocycles. The zero-order chi connectivity index (χ0) is 13.2. The first kappa shape index (κ1) is 12.2. The fourth-order valence-electron chi connectivity index (χ4n) is 2.67. The Morgan fingerprint density at radius 1 is 1.42 bits per heavy atom. The molecule has 19 heavy (non-hydrogen) atoms. The van der Waals surface area contributed by atoms with Crippen LogP contribution in [-0.4, -0.2) is 30.0 Å². The zero-order valence-corrected chi connectivity index (χ0v) is 11.1. The summed E-state index contributed by atoms with van der Waals surface area (Å²) in [6.07, 6.45) is 2.18. The van der Waals surface area contributed by atoms with E-state index in [9.17, 15) is 4.79 Å². The predicted molar refractivity (Wildman–Crippen MR) is 76.4 cm³/mol. The minimum atomic E-state index is -0.00991. The van der Waals surface area contributed by atoms with E-state index in [0.29, 0.717) is 5.69 Å². The summed E-state index contributed by atoms with van der Waals surface area (Å²) in [6, 6.07) is 8.25. The van der Waals surface area contributed by atoms with Crippen LogP contribution in [0.15, 0.2) is 24.3 Å². The molecule has 0 saturated carbocycles. The number of hydrogen-bond acceptors (Lipinski definition) is 2. The molecule has 1 aliphatic rings. The summed E-state index contributed by atoms with van der Waals surface area (Å²) >= 11 is 0. The zero-order valence-electron chi connectivity index (χ0n) is 11.1. The number of amides is 1. The minimum Gasteiger partial charge on any atom is -0.350 e. The van der Waals surface area contributed by atoms with Crippen molar-refractivity contribution in [3.8, 4) is 0 Å². The van der Waals surface area contributed by atoms with Crippen LogP contribution in [0.4, 0.5) is 0 Å². The van der Waals surface area contributed by atoms with Crippen LogP contribution in [0.2, 0.25) is 0 Å². The molecule has 1 aromatic heterocycles. The van der Waals surface area contributed by atoms with E-state index in [1.165, 1.54) is 0 Å². The van der Waals surface area contributed by atoms with Crippen molar-refractivity contribution >= 4 is 16.8 Å². The van der Waals surface area contributed by atoms with Crippen LogP contribution in [0.5, 0.6) is 0 Å². The molecule has 1 atom stereocenters. The van der Waals surface area contributed by atoms with Crippen LogP contribution in [0, 0.1) is 6.92 Å². The molecular formula is C15H19N3O. The van der Waals surface area contributed by atoms with E-state index < -0.39 is 0 Å². The molecule has 0 unspecified atom stereocenters. The van der Waals surface area contributed by atoms with Crippen LogP contribution < -0.4 is 10.6 Å². The number of H-pyrrole nitrogens is 1. The molecule has 1 aromatic carbocycles. The van der Waals surface area contributed by atoms with Crippen molar-refractivity contribution in [3.63, 3.8) is 0 Å². The van der Waals surface area contributed by atoms with Crippen LogP contribution in [-0.2, 0) is 0 Å². The summed E-state index contributed by atoms with van der Waals surface area (Å²) in [7, 11) is 0. The Morgan fingerprint density at radius 2 is 2.32 bits per heavy atom. The maximum Gasteiger partial charge on any atom is 0.267 e. The molecule has 1 amide bonds. The third-order valence-corrected chi connectivity index (χ3v) is 3.74. The Balaban J connectivity index is 1.79. The predicted octanol–water partition coefficient (Wildman–Crippen LogP) is 1.96. The number of aromatic nitrogens is 1. The molecule has 2 aromatic rings. The molecule has 3 N–H and O–H groups in total. The highest BCUT2D eigenvalue weighted by atomic mass is 16.1. The van der Waals surface area contributed by atoms with E-state index >= 15 is 0 Å². The van der Waals surface area contributed by atoms with Gasteiger partial charge in [0.25, 0.3) is 5.91 Å². The van der Waals surface area contributed by atoms with Crippen molar-refractivity contribution < 1.29 is 4.79 Å². The molecular weight excluding hydrogens is 238 g/mol. The van der Waals surface area contributed by atoms with Crippen molar-refractivity contribution in [2.75, 3.05) is 13.1 Å². The van der Waals surface area contributed by atoms with Gasteiger partial charge in [-0.3, -0.25) is 4.79 Å². The summed E-state index contributed by atoms with van der Waals surface area (Å²) in [5, 5.41) is 7.48. The lowest BCUT2D eigenvalue weighted by Crippen LogP contribution is -2.45. The topological polar surface area (TPSA) is 56.9 Å². The highest BCUT2D eigenvalue weighted by molar-refractivity contribution is 5.98. The van der Waals surface area contributed by atoms with Gasteiger partial charge >= 0.3 is 0 Å². The second-order valence-electron chi connectivity index (χ2n) is 5.24. The number of aryl methyl sites for hydroxylation is 1. The Morgan fingerprint density at radius 3 is 3.05 bits per heavy atom. The van der Waals surface area contributed by atoms with Gasteiger partial charge in [0.05, 0.1) is 0 Å². The van der Waals surface area contributed by atoms with Gasteiger partial charge in [-0.15, -0.1) is 0 Å². The third-order valence-electron chi connectivity index (χ3n) is 3.74. The van der Waals surface area contributed by atoms with E-state index in [-0.39, 0.29) is 11.9 Å². The molecule has 3 rings (SSSR count). The van der Waals surface area contributed by atoms with Crippen molar-refractivity contribution in [2.45, 2.75) is 25.8 Å².